The normalized spacial score (nSPS) is 10.8. The van der Waals surface area contributed by atoms with E-state index < -0.39 is 20.5 Å². The fourth-order valence-electron chi connectivity index (χ4n) is 4.50. The molecule has 6 aromatic rings. The first-order chi connectivity index (χ1) is 23.1. The molecule has 1 N–H and O–H groups in total. The Morgan fingerprint density at radius 1 is 0.720 bits per heavy atom. The Labute approximate surface area is 302 Å². The van der Waals surface area contributed by atoms with Crippen LogP contribution in [0.3, 0.4) is 0 Å². The van der Waals surface area contributed by atoms with E-state index in [1.54, 1.807) is 12.1 Å². The molecule has 0 spiro atoms. The number of oxazole rings is 1. The molecule has 3 heterocycles. The van der Waals surface area contributed by atoms with Gasteiger partial charge in [0, 0.05) is 39.0 Å². The van der Waals surface area contributed by atoms with E-state index in [0.717, 1.165) is 33.2 Å². The van der Waals surface area contributed by atoms with Gasteiger partial charge in [-0.25, -0.2) is 42.3 Å². The molecule has 256 valence electrons. The summed E-state index contributed by atoms with van der Waals surface area (Å²) in [5, 5.41) is 20.0. The first kappa shape index (κ1) is 42.0. The summed E-state index contributed by atoms with van der Waals surface area (Å²) >= 11 is 0. The molecule has 0 saturated carbocycles. The molecule has 0 aliphatic carbocycles. The monoisotopic (exact) mass is 775 g/mol. The van der Waals surface area contributed by atoms with Crippen molar-refractivity contribution in [2.45, 2.75) is 26.6 Å². The Bertz CT molecular complexity index is 1890. The number of rotatable bonds is 7. The molecule has 18 heteroatoms. The Morgan fingerprint density at radius 2 is 1.20 bits per heavy atom. The fraction of sp³-hybridized carbons (Fsp3) is 0.125. The van der Waals surface area contributed by atoms with Gasteiger partial charge in [-0.1, -0.05) is 48.5 Å². The van der Waals surface area contributed by atoms with E-state index in [0.29, 0.717) is 36.7 Å². The number of nitriles is 1. The number of para-hydroxylation sites is 1. The van der Waals surface area contributed by atoms with Gasteiger partial charge in [0.15, 0.2) is 5.58 Å². The van der Waals surface area contributed by atoms with Crippen LogP contribution in [0.5, 0.6) is 5.75 Å². The average Bonchev–Trinajstić information content (AvgIpc) is 3.46. The summed E-state index contributed by atoms with van der Waals surface area (Å²) in [5.74, 6) is 0.551. The second-order valence-electron chi connectivity index (χ2n) is 9.77. The topological polar surface area (TPSA) is 284 Å². The van der Waals surface area contributed by atoms with Crippen molar-refractivity contribution in [3.8, 4) is 23.3 Å². The molecule has 15 nitrogen and oxygen atoms in total. The van der Waals surface area contributed by atoms with Crippen LogP contribution >= 0.6 is 0 Å². The van der Waals surface area contributed by atoms with Crippen LogP contribution < -0.4 is 37.3 Å². The smallest absolute Gasteiger partial charge is 0.507 e. The minimum absolute atomic E-state index is 0. The van der Waals surface area contributed by atoms with Gasteiger partial charge in [0.05, 0.1) is 23.0 Å². The average molecular weight is 778 g/mol. The summed E-state index contributed by atoms with van der Waals surface area (Å²) in [5.41, 5.74) is 5.06. The van der Waals surface area contributed by atoms with Crippen molar-refractivity contribution in [2.24, 2.45) is 0 Å². The third-order valence-electron chi connectivity index (χ3n) is 6.21. The van der Waals surface area contributed by atoms with Crippen molar-refractivity contribution in [2.75, 3.05) is 0 Å². The van der Waals surface area contributed by atoms with Gasteiger partial charge in [-0.2, -0.15) is 5.26 Å². The van der Waals surface area contributed by atoms with Gasteiger partial charge in [0.1, 0.15) is 11.3 Å². The van der Waals surface area contributed by atoms with Crippen LogP contribution in [0.1, 0.15) is 23.9 Å². The van der Waals surface area contributed by atoms with Crippen molar-refractivity contribution in [1.82, 2.24) is 19.9 Å². The molecule has 3 aromatic heterocycles. The number of nitrogens with zero attached hydrogens (tertiary/aromatic N) is 5. The van der Waals surface area contributed by atoms with Crippen LogP contribution in [-0.2, 0) is 39.1 Å². The summed E-state index contributed by atoms with van der Waals surface area (Å²) in [6.45, 7) is 3.41. The van der Waals surface area contributed by atoms with Crippen LogP contribution in [0.2, 0.25) is 0 Å². The molecule has 0 radical (unpaired) electrons. The molecule has 0 bridgehead atoms. The van der Waals surface area contributed by atoms with Gasteiger partial charge in [0.2, 0.25) is 5.89 Å². The van der Waals surface area contributed by atoms with Crippen molar-refractivity contribution in [3.63, 3.8) is 0 Å². The largest absolute Gasteiger partial charge is 2.00 e. The predicted molar refractivity (Wildman–Crippen MR) is 151 cm³/mol. The molecule has 50 heavy (non-hydrogen) atoms. The number of fused-ring (bicyclic) bond motifs is 2. The molecule has 3 aromatic carbocycles. The number of pyridine rings is 2. The zero-order valence-corrected chi connectivity index (χ0v) is 30.7. The van der Waals surface area contributed by atoms with E-state index in [-0.39, 0.29) is 25.2 Å². The number of aromatic hydroxyl groups is 1. The van der Waals surface area contributed by atoms with Gasteiger partial charge in [-0.3, -0.25) is 14.9 Å². The predicted octanol–water partition coefficient (Wildman–Crippen LogP) is -2.64. The molecular formula is C32H27Cl2N5O10Zn. The SMILES string of the molecule is CC#N.Oc1cc2ccccc2cc1-c1nc2c(CN(Cc3ccccn3)Cc3ccccn3)cccc2o1.[O-][Cl+3]([O-])([O-])[O-].[O-][Cl+3]([O-])([O-])[O-].[Zn+2]. The quantitative estimate of drug-likeness (QED) is 0.162. The van der Waals surface area contributed by atoms with Gasteiger partial charge in [-0.15, -0.1) is 20.5 Å². The van der Waals surface area contributed by atoms with E-state index >= 15 is 0 Å². The molecule has 0 aliphatic heterocycles. The first-order valence-corrected chi connectivity index (χ1v) is 16.3. The van der Waals surface area contributed by atoms with Gasteiger partial charge >= 0.3 is 19.5 Å². The summed E-state index contributed by atoms with van der Waals surface area (Å²) in [4.78, 5) is 16.2. The zero-order valence-electron chi connectivity index (χ0n) is 26.3. The third kappa shape index (κ3) is 15.2. The third-order valence-corrected chi connectivity index (χ3v) is 6.21. The second-order valence-corrected chi connectivity index (χ2v) is 11.3. The number of halogens is 2. The molecule has 6 rings (SSSR count). The number of hydrogen-bond donors (Lipinski definition) is 1. The Balaban J connectivity index is 0.000000535. The molecule has 0 amide bonds. The Hall–Kier alpha value is -4.18. The van der Waals surface area contributed by atoms with Crippen LogP contribution in [0.4, 0.5) is 0 Å². The van der Waals surface area contributed by atoms with Crippen molar-refractivity contribution in [1.29, 1.82) is 5.26 Å². The second kappa shape index (κ2) is 19.9. The van der Waals surface area contributed by atoms with Gasteiger partial charge in [0.25, 0.3) is 0 Å². The van der Waals surface area contributed by atoms with Crippen LogP contribution in [0.15, 0.2) is 108 Å². The van der Waals surface area contributed by atoms with Gasteiger partial charge < -0.3 is 9.52 Å². The van der Waals surface area contributed by atoms with Gasteiger partial charge in [-0.05, 0) is 58.8 Å². The number of benzene rings is 3. The summed E-state index contributed by atoms with van der Waals surface area (Å²) in [6, 6.07) is 31.2. The molecule has 0 atom stereocenters. The summed E-state index contributed by atoms with van der Waals surface area (Å²) < 4.78 is 74.1. The molecule has 0 saturated heterocycles. The standard InChI is InChI=1S/C30H24N4O2.C2H3N.2ClHO4.Zn/c35-27-17-22-9-2-1-8-21(22)16-26(27)30-33-29-23(10-7-13-28(29)36-30)18-34(19-24-11-3-5-14-31-24)20-25-12-4-6-15-32-25;1-2-3;2*2-1(3,4)5;/h1-17,35H,18-20H2;1H3;2*(H,2,3,4,5);/q;;;;+2/p-2. The maximum atomic E-state index is 10.7. The first-order valence-electron chi connectivity index (χ1n) is 13.8. The summed E-state index contributed by atoms with van der Waals surface area (Å²) in [7, 11) is -9.89. The van der Waals surface area contributed by atoms with Crippen molar-refractivity contribution in [3.05, 3.63) is 120 Å². The van der Waals surface area contributed by atoms with E-state index in [9.17, 15) is 5.11 Å². The number of phenolic OH excluding ortho intramolecular Hbond substituents is 1. The van der Waals surface area contributed by atoms with E-state index in [1.165, 1.54) is 6.92 Å². The number of hydrogen-bond acceptors (Lipinski definition) is 15. The molecule has 0 fully saturated rings. The maximum absolute atomic E-state index is 10.7. The number of aromatic nitrogens is 3. The van der Waals surface area contributed by atoms with Crippen molar-refractivity contribution >= 4 is 21.9 Å². The maximum Gasteiger partial charge on any atom is 2.00 e. The van der Waals surface area contributed by atoms with E-state index in [4.69, 9.17) is 51.9 Å². The van der Waals surface area contributed by atoms with Crippen LogP contribution in [0.25, 0.3) is 33.3 Å². The molecule has 0 unspecified atom stereocenters. The summed E-state index contributed by atoms with van der Waals surface area (Å²) in [6.07, 6.45) is 3.63. The van der Waals surface area contributed by atoms with Crippen LogP contribution in [-0.4, -0.2) is 25.0 Å². The molecule has 0 aliphatic rings. The minimum Gasteiger partial charge on any atom is -0.507 e. The van der Waals surface area contributed by atoms with Crippen molar-refractivity contribution < 1.29 is 86.8 Å². The Kier molecular flexibility index (Phi) is 16.7. The number of phenols is 1. The Morgan fingerprint density at radius 3 is 1.68 bits per heavy atom. The van der Waals surface area contributed by atoms with Crippen LogP contribution in [0, 0.1) is 31.8 Å². The van der Waals surface area contributed by atoms with E-state index in [2.05, 4.69) is 20.9 Å². The minimum atomic E-state index is -4.94. The molecular weight excluding hydrogens is 751 g/mol. The van der Waals surface area contributed by atoms with E-state index in [1.807, 2.05) is 91.3 Å². The zero-order chi connectivity index (χ0) is 36.0. The fourth-order valence-corrected chi connectivity index (χ4v) is 4.50.